The van der Waals surface area contributed by atoms with E-state index in [9.17, 15) is 41.7 Å². The normalized spacial score (nSPS) is 15.6. The Balaban J connectivity index is 1.04. The molecule has 5 amide bonds. The van der Waals surface area contributed by atoms with Gasteiger partial charge >= 0.3 is 12.9 Å². The van der Waals surface area contributed by atoms with Crippen molar-refractivity contribution >= 4 is 93.8 Å². The van der Waals surface area contributed by atoms with Crippen LogP contribution in [-0.2, 0) is 59.5 Å². The van der Waals surface area contributed by atoms with Crippen LogP contribution in [0.1, 0.15) is 126 Å². The van der Waals surface area contributed by atoms with Gasteiger partial charge in [-0.25, -0.2) is 10.1 Å². The van der Waals surface area contributed by atoms with E-state index in [2.05, 4.69) is 72.5 Å². The van der Waals surface area contributed by atoms with E-state index >= 15 is 8.63 Å². The zero-order valence-electron chi connectivity index (χ0n) is 53.5. The zero-order valence-corrected chi connectivity index (χ0v) is 56.0. The molecule has 0 radical (unpaired) electrons. The van der Waals surface area contributed by atoms with Gasteiger partial charge in [0.15, 0.2) is 11.4 Å². The average molecular weight is 1330 g/mol. The first kappa shape index (κ1) is 73.9. The molecule has 502 valence electrons. The molecule has 29 heteroatoms. The van der Waals surface area contributed by atoms with Gasteiger partial charge in [-0.05, 0) is 144 Å². The van der Waals surface area contributed by atoms with Crippen LogP contribution >= 0.6 is 23.4 Å². The monoisotopic (exact) mass is 1330 g/mol. The SMILES string of the molecule is CN(CCCCCC(=O)ON1C(=O)CCC1=O)CCNC(=O)C(CCCC[N+](C)(C)C)NC(=O)C(CCCC[N+](C)(C)C)NC(=O)CCCOc1ccc(/C=C/C2=[N+]3C(=Cc4c(CCCSOOO)cc(-c5cccs5)n4[B-]3(F)F)C(CCCS(=O)(=O)O)=C2)cc1. The molecule has 0 spiro atoms. The fourth-order valence-corrected chi connectivity index (χ4v) is 12.5. The number of imide groups is 1. The van der Waals surface area contributed by atoms with Gasteiger partial charge in [0.25, 0.3) is 21.9 Å². The first-order valence-corrected chi connectivity index (χ1v) is 34.6. The van der Waals surface area contributed by atoms with Crippen molar-refractivity contribution < 1.29 is 88.0 Å². The van der Waals surface area contributed by atoms with Crippen molar-refractivity contribution in [3.05, 3.63) is 88.1 Å². The third kappa shape index (κ3) is 24.4. The van der Waals surface area contributed by atoms with Crippen LogP contribution in [0.15, 0.2) is 71.3 Å². The lowest BCUT2D eigenvalue weighted by Gasteiger charge is -2.31. The second-order valence-corrected chi connectivity index (χ2v) is 28.6. The highest BCUT2D eigenvalue weighted by molar-refractivity contribution is 7.94. The van der Waals surface area contributed by atoms with Crippen LogP contribution in [0.4, 0.5) is 8.63 Å². The van der Waals surface area contributed by atoms with Gasteiger partial charge in [0, 0.05) is 96.6 Å². The number of nitrogens with one attached hydrogen (secondary N) is 3. The number of amides is 5. The van der Waals surface area contributed by atoms with Gasteiger partial charge in [0.1, 0.15) is 17.8 Å². The molecule has 5 heterocycles. The minimum Gasteiger partial charge on any atom is -0.494 e. The highest BCUT2D eigenvalue weighted by Crippen LogP contribution is 2.42. The smallest absolute Gasteiger partial charge is 0.494 e. The molecule has 6 rings (SSSR count). The third-order valence-corrected chi connectivity index (χ3v) is 17.9. The van der Waals surface area contributed by atoms with E-state index < -0.39 is 58.6 Å². The lowest BCUT2D eigenvalue weighted by atomic mass is 9.88. The summed E-state index contributed by atoms with van der Waals surface area (Å²) in [5.41, 5.74) is 2.92. The van der Waals surface area contributed by atoms with Crippen molar-refractivity contribution in [1.82, 2.24) is 30.4 Å². The molecule has 2 aromatic heterocycles. The van der Waals surface area contributed by atoms with Gasteiger partial charge in [-0.1, -0.05) is 29.7 Å². The number of rotatable bonds is 42. The van der Waals surface area contributed by atoms with E-state index in [4.69, 9.17) is 14.8 Å². The standard InChI is InChI=1S/C62H90BF2N9O14S3/c1-69(35-12-8-9-25-60(78)86-72-58(76)32-33-59(72)77)36-34-66-61(79)51(21-10-13-37-73(2,3)4)68-62(80)52(22-11-14-38-74(5,6)7)67-57(75)24-15-39-85-50-30-27-46(28-31-50)26-29-49-43-47(20-18-42-91(82,83)84)53-45-54-48(19-16-41-90-88-87-81)44-55(56-23-17-40-89-56)71(54)63(64,65)70(49)53/h17,23,26-31,40,43-45,51-52H,8-16,18-22,24-25,32-39,41-42H2,1-7H3,(H3-2,66,67,68,75,79,80,81,82,83,84)/p+2/b29-26+. The van der Waals surface area contributed by atoms with Crippen LogP contribution in [0, 0.1) is 0 Å². The first-order chi connectivity index (χ1) is 43.1. The van der Waals surface area contributed by atoms with Crippen molar-refractivity contribution in [1.29, 1.82) is 0 Å². The number of allylic oxidation sites excluding steroid dienone is 3. The summed E-state index contributed by atoms with van der Waals surface area (Å²) < 4.78 is 81.9. The number of aryl methyl sites for hydroxylation is 1. The topological polar surface area (TPSA) is 264 Å². The number of carbonyl (C=O) groups is 6. The average Bonchev–Trinajstić information content (AvgIpc) is 1.58. The van der Waals surface area contributed by atoms with Crippen LogP contribution < -0.4 is 20.7 Å². The summed E-state index contributed by atoms with van der Waals surface area (Å²) in [7, 11) is 10.2. The van der Waals surface area contributed by atoms with Gasteiger partial charge in [-0.2, -0.15) is 8.42 Å². The van der Waals surface area contributed by atoms with Crippen molar-refractivity contribution in [2.75, 3.05) is 100 Å². The minimum atomic E-state index is -4.52. The quantitative estimate of drug-likeness (QED) is 0.00532. The number of carbonyl (C=O) groups excluding carboxylic acids is 6. The van der Waals surface area contributed by atoms with Gasteiger partial charge < -0.3 is 57.0 Å². The predicted octanol–water partition coefficient (Wildman–Crippen LogP) is 7.67. The first-order valence-electron chi connectivity index (χ1n) is 31.2. The van der Waals surface area contributed by atoms with Crippen molar-refractivity contribution in [2.24, 2.45) is 0 Å². The summed E-state index contributed by atoms with van der Waals surface area (Å²) in [5.74, 6) is -2.38. The van der Waals surface area contributed by atoms with Crippen LogP contribution in [0.2, 0.25) is 0 Å². The number of ether oxygens (including phenoxy) is 1. The second kappa shape index (κ2) is 35.2. The minimum absolute atomic E-state index is 0.000819. The van der Waals surface area contributed by atoms with E-state index in [0.717, 1.165) is 62.3 Å². The Kier molecular flexibility index (Phi) is 28.6. The molecule has 3 aliphatic heterocycles. The van der Waals surface area contributed by atoms with Crippen molar-refractivity contribution in [3.8, 4) is 16.3 Å². The molecule has 5 N–H and O–H groups in total. The Bertz CT molecular complexity index is 3180. The predicted molar refractivity (Wildman–Crippen MR) is 347 cm³/mol. The second-order valence-electron chi connectivity index (χ2n) is 25.3. The molecule has 1 aromatic carbocycles. The number of thiophene rings is 1. The maximum absolute atomic E-state index is 17.4. The summed E-state index contributed by atoms with van der Waals surface area (Å²) in [5, 5.41) is 23.5. The number of likely N-dealkylation sites (N-methyl/N-ethyl adjacent to an activating group) is 1. The van der Waals surface area contributed by atoms with Gasteiger partial charge in [-0.15, -0.1) is 20.7 Å². The molecule has 1 fully saturated rings. The Labute approximate surface area is 541 Å². The number of unbranched alkanes of at least 4 members (excludes halogenated alkanes) is 4. The summed E-state index contributed by atoms with van der Waals surface area (Å²) in [4.78, 5) is 84.9. The Morgan fingerprint density at radius 3 is 2.14 bits per heavy atom. The molecule has 1 saturated heterocycles. The van der Waals surface area contributed by atoms with Crippen molar-refractivity contribution in [2.45, 2.75) is 128 Å². The van der Waals surface area contributed by atoms with Crippen LogP contribution in [0.25, 0.3) is 22.7 Å². The molecule has 3 aliphatic rings. The molecular formula is C62H92BF2N9O14S3+2. The number of quaternary nitrogens is 2. The highest BCUT2D eigenvalue weighted by atomic mass is 32.2. The van der Waals surface area contributed by atoms with Gasteiger partial charge in [-0.3, -0.25) is 28.5 Å². The van der Waals surface area contributed by atoms with Crippen LogP contribution in [-0.4, -0.2) is 207 Å². The molecule has 91 heavy (non-hydrogen) atoms. The number of fused-ring (bicyclic) bond motifs is 2. The number of hydrogen-bond donors (Lipinski definition) is 5. The van der Waals surface area contributed by atoms with Crippen molar-refractivity contribution in [3.63, 3.8) is 0 Å². The number of hydroxylamine groups is 2. The number of halogens is 2. The molecule has 0 aliphatic carbocycles. The van der Waals surface area contributed by atoms with Crippen LogP contribution in [0.5, 0.6) is 5.75 Å². The lowest BCUT2D eigenvalue weighted by Crippen LogP contribution is -2.54. The van der Waals surface area contributed by atoms with E-state index in [0.29, 0.717) is 127 Å². The number of nitrogens with zero attached hydrogens (tertiary/aromatic N) is 6. The third-order valence-electron chi connectivity index (χ3n) is 15.6. The summed E-state index contributed by atoms with van der Waals surface area (Å²) >= 11 is 2.21. The van der Waals surface area contributed by atoms with Gasteiger partial charge in [0.05, 0.1) is 67.7 Å². The summed E-state index contributed by atoms with van der Waals surface area (Å²) in [6, 6.07) is 10.6. The molecule has 3 aromatic rings. The van der Waals surface area contributed by atoms with E-state index in [-0.39, 0.29) is 68.4 Å². The maximum atomic E-state index is 17.4. The fraction of sp³-hybridized carbons (Fsp3) is 0.565. The number of hydrogen-bond acceptors (Lipinski definition) is 16. The van der Waals surface area contributed by atoms with Crippen LogP contribution in [0.3, 0.4) is 0 Å². The van der Waals surface area contributed by atoms with E-state index in [1.54, 1.807) is 66.8 Å². The Morgan fingerprint density at radius 2 is 1.51 bits per heavy atom. The summed E-state index contributed by atoms with van der Waals surface area (Å²) in [6.07, 6.45) is 13.9. The Hall–Kier alpha value is -6.15. The molecule has 23 nitrogen and oxygen atoms in total. The summed E-state index contributed by atoms with van der Waals surface area (Å²) in [6.45, 7) is -1.07. The fourth-order valence-electron chi connectivity index (χ4n) is 10.9. The number of benzene rings is 1. The largest absolute Gasteiger partial charge is 0.737 e. The molecule has 2 atom stereocenters. The lowest BCUT2D eigenvalue weighted by molar-refractivity contribution is -0.870. The van der Waals surface area contributed by atoms with E-state index in [1.807, 2.05) is 12.4 Å². The maximum Gasteiger partial charge on any atom is 0.737 e. The number of aromatic nitrogens is 1. The zero-order chi connectivity index (χ0) is 66.4. The molecule has 0 saturated carbocycles. The molecule has 2 unspecified atom stereocenters. The van der Waals surface area contributed by atoms with Gasteiger partial charge in [0.2, 0.25) is 17.7 Å². The van der Waals surface area contributed by atoms with E-state index in [1.165, 1.54) is 11.3 Å². The molecule has 0 bridgehead atoms. The Morgan fingerprint density at radius 1 is 0.824 bits per heavy atom. The highest BCUT2D eigenvalue weighted by Gasteiger charge is 2.54. The molecular weight excluding hydrogens is 1240 g/mol.